The molecule has 3 N–H and O–H groups in total. The standard InChI is InChI=1S/C22H22N2O5/c25-20(26)11-23-21(27)18-9-13(18)10-24-22(28)29-12-19-16-7-3-1-5-14(16)15-6-2-4-8-17(15)19/h1-8,13,18-19H,9-12H2,(H,23,27)(H,24,28)(H,25,26)/t13-,18-/m1/s1. The highest BCUT2D eigenvalue weighted by Crippen LogP contribution is 2.44. The summed E-state index contributed by atoms with van der Waals surface area (Å²) in [5.74, 6) is -1.59. The van der Waals surface area contributed by atoms with Gasteiger partial charge in [0.25, 0.3) is 0 Å². The van der Waals surface area contributed by atoms with Gasteiger partial charge in [0, 0.05) is 18.4 Å². The summed E-state index contributed by atoms with van der Waals surface area (Å²) in [7, 11) is 0. The van der Waals surface area contributed by atoms with Crippen molar-refractivity contribution >= 4 is 18.0 Å². The van der Waals surface area contributed by atoms with Gasteiger partial charge in [-0.05, 0) is 34.6 Å². The van der Waals surface area contributed by atoms with Crippen LogP contribution in [0.15, 0.2) is 48.5 Å². The second-order valence-electron chi connectivity index (χ2n) is 7.42. The Morgan fingerprint density at radius 1 is 0.966 bits per heavy atom. The van der Waals surface area contributed by atoms with E-state index in [9.17, 15) is 14.4 Å². The van der Waals surface area contributed by atoms with E-state index in [2.05, 4.69) is 34.9 Å². The molecule has 4 rings (SSSR count). The summed E-state index contributed by atoms with van der Waals surface area (Å²) in [5, 5.41) is 13.7. The van der Waals surface area contributed by atoms with Gasteiger partial charge in [-0.1, -0.05) is 48.5 Å². The third-order valence-corrected chi connectivity index (χ3v) is 5.53. The van der Waals surface area contributed by atoms with Gasteiger partial charge in [0.2, 0.25) is 5.91 Å². The van der Waals surface area contributed by atoms with E-state index in [1.54, 1.807) is 0 Å². The molecule has 150 valence electrons. The van der Waals surface area contributed by atoms with Gasteiger partial charge >= 0.3 is 12.1 Å². The molecular weight excluding hydrogens is 372 g/mol. The number of carboxylic acid groups (broad SMARTS) is 1. The van der Waals surface area contributed by atoms with Gasteiger partial charge in [-0.3, -0.25) is 9.59 Å². The smallest absolute Gasteiger partial charge is 0.407 e. The second-order valence-corrected chi connectivity index (χ2v) is 7.42. The van der Waals surface area contributed by atoms with Crippen molar-refractivity contribution in [3.8, 4) is 11.1 Å². The summed E-state index contributed by atoms with van der Waals surface area (Å²) < 4.78 is 5.46. The fourth-order valence-corrected chi connectivity index (χ4v) is 3.95. The molecule has 0 heterocycles. The largest absolute Gasteiger partial charge is 0.480 e. The molecule has 2 atom stereocenters. The van der Waals surface area contributed by atoms with E-state index in [0.717, 1.165) is 11.1 Å². The van der Waals surface area contributed by atoms with Crippen molar-refractivity contribution in [1.82, 2.24) is 10.6 Å². The van der Waals surface area contributed by atoms with Crippen molar-refractivity contribution in [1.29, 1.82) is 0 Å². The van der Waals surface area contributed by atoms with Crippen LogP contribution in [-0.2, 0) is 14.3 Å². The van der Waals surface area contributed by atoms with Gasteiger partial charge in [0.1, 0.15) is 13.2 Å². The number of aliphatic carboxylic acids is 1. The van der Waals surface area contributed by atoms with E-state index in [1.165, 1.54) is 11.1 Å². The van der Waals surface area contributed by atoms with Crippen LogP contribution in [0, 0.1) is 11.8 Å². The van der Waals surface area contributed by atoms with Crippen LogP contribution in [0.5, 0.6) is 0 Å². The third-order valence-electron chi connectivity index (χ3n) is 5.53. The number of fused-ring (bicyclic) bond motifs is 3. The zero-order chi connectivity index (χ0) is 20.4. The monoisotopic (exact) mass is 394 g/mol. The van der Waals surface area contributed by atoms with Crippen LogP contribution in [0.3, 0.4) is 0 Å². The molecule has 0 bridgehead atoms. The molecule has 2 aromatic carbocycles. The van der Waals surface area contributed by atoms with Crippen molar-refractivity contribution in [2.45, 2.75) is 12.3 Å². The molecule has 1 saturated carbocycles. The summed E-state index contributed by atoms with van der Waals surface area (Å²) in [5.41, 5.74) is 4.65. The Morgan fingerprint density at radius 2 is 1.59 bits per heavy atom. The van der Waals surface area contributed by atoms with Crippen molar-refractivity contribution in [2.24, 2.45) is 11.8 Å². The SMILES string of the molecule is O=C(O)CNC(=O)[C@@H]1C[C@@H]1CNC(=O)OCC1c2ccccc2-c2ccccc21. The fraction of sp³-hybridized carbons (Fsp3) is 0.318. The maximum Gasteiger partial charge on any atom is 0.407 e. The molecule has 2 amide bonds. The van der Waals surface area contributed by atoms with Gasteiger partial charge in [-0.25, -0.2) is 4.79 Å². The number of amides is 2. The van der Waals surface area contributed by atoms with Crippen LogP contribution in [0.25, 0.3) is 11.1 Å². The van der Waals surface area contributed by atoms with Crippen LogP contribution in [0.2, 0.25) is 0 Å². The fourth-order valence-electron chi connectivity index (χ4n) is 3.95. The van der Waals surface area contributed by atoms with E-state index in [-0.39, 0.29) is 36.8 Å². The Kier molecular flexibility index (Phi) is 5.20. The summed E-state index contributed by atoms with van der Waals surface area (Å²) in [4.78, 5) is 34.4. The normalized spacial score (nSPS) is 19.0. The number of rotatable bonds is 7. The van der Waals surface area contributed by atoms with Crippen molar-refractivity contribution in [3.05, 3.63) is 59.7 Å². The van der Waals surface area contributed by atoms with Crippen LogP contribution >= 0.6 is 0 Å². The minimum absolute atomic E-state index is 0.00335. The van der Waals surface area contributed by atoms with Crippen LogP contribution in [-0.4, -0.2) is 42.8 Å². The minimum atomic E-state index is -1.08. The zero-order valence-corrected chi connectivity index (χ0v) is 15.8. The molecule has 0 spiro atoms. The highest BCUT2D eigenvalue weighted by molar-refractivity contribution is 5.85. The lowest BCUT2D eigenvalue weighted by Gasteiger charge is -2.14. The number of alkyl carbamates (subject to hydrolysis) is 1. The number of carbonyl (C=O) groups is 3. The Hall–Kier alpha value is -3.35. The summed E-state index contributed by atoms with van der Waals surface area (Å²) in [6.45, 7) is 0.191. The van der Waals surface area contributed by atoms with Gasteiger partial charge in [0.15, 0.2) is 0 Å². The first-order valence-electron chi connectivity index (χ1n) is 9.63. The number of nitrogens with one attached hydrogen (secondary N) is 2. The molecule has 0 radical (unpaired) electrons. The molecule has 7 nitrogen and oxygen atoms in total. The number of hydrogen-bond acceptors (Lipinski definition) is 4. The topological polar surface area (TPSA) is 105 Å². The molecule has 0 aliphatic heterocycles. The number of hydrogen-bond donors (Lipinski definition) is 3. The Bertz CT molecular complexity index is 912. The first-order valence-corrected chi connectivity index (χ1v) is 9.63. The molecule has 0 saturated heterocycles. The minimum Gasteiger partial charge on any atom is -0.480 e. The van der Waals surface area contributed by atoms with E-state index in [4.69, 9.17) is 9.84 Å². The van der Waals surface area contributed by atoms with Crippen molar-refractivity contribution in [2.75, 3.05) is 19.7 Å². The van der Waals surface area contributed by atoms with Crippen molar-refractivity contribution < 1.29 is 24.2 Å². The van der Waals surface area contributed by atoms with E-state index < -0.39 is 12.1 Å². The predicted octanol–water partition coefficient (Wildman–Crippen LogP) is 2.36. The highest BCUT2D eigenvalue weighted by atomic mass is 16.5. The van der Waals surface area contributed by atoms with Crippen LogP contribution < -0.4 is 10.6 Å². The van der Waals surface area contributed by atoms with Crippen molar-refractivity contribution in [3.63, 3.8) is 0 Å². The Balaban J connectivity index is 1.27. The molecule has 1 fully saturated rings. The second kappa shape index (κ2) is 7.95. The van der Waals surface area contributed by atoms with E-state index in [1.807, 2.05) is 24.3 Å². The lowest BCUT2D eigenvalue weighted by molar-refractivity contribution is -0.138. The predicted molar refractivity (Wildman–Crippen MR) is 105 cm³/mol. The Morgan fingerprint density at radius 3 is 2.21 bits per heavy atom. The number of carbonyl (C=O) groups excluding carboxylic acids is 2. The summed E-state index contributed by atoms with van der Waals surface area (Å²) in [6.07, 6.45) is 0.123. The summed E-state index contributed by atoms with van der Waals surface area (Å²) >= 11 is 0. The molecule has 2 aliphatic carbocycles. The van der Waals surface area contributed by atoms with Gasteiger partial charge in [0.05, 0.1) is 0 Å². The van der Waals surface area contributed by atoms with E-state index >= 15 is 0 Å². The zero-order valence-electron chi connectivity index (χ0n) is 15.8. The molecule has 0 aromatic heterocycles. The number of benzene rings is 2. The van der Waals surface area contributed by atoms with Gasteiger partial charge in [-0.15, -0.1) is 0 Å². The lowest BCUT2D eigenvalue weighted by atomic mass is 9.98. The van der Waals surface area contributed by atoms with Gasteiger partial charge < -0.3 is 20.5 Å². The number of ether oxygens (including phenoxy) is 1. The number of carboxylic acids is 1. The van der Waals surface area contributed by atoms with Crippen LogP contribution in [0.1, 0.15) is 23.5 Å². The third kappa shape index (κ3) is 4.08. The summed E-state index contributed by atoms with van der Waals surface area (Å²) in [6, 6.07) is 16.3. The lowest BCUT2D eigenvalue weighted by Crippen LogP contribution is -2.32. The molecule has 7 heteroatoms. The Labute approximate surface area is 168 Å². The highest BCUT2D eigenvalue weighted by Gasteiger charge is 2.43. The first-order chi connectivity index (χ1) is 14.0. The van der Waals surface area contributed by atoms with Gasteiger partial charge in [-0.2, -0.15) is 0 Å². The molecular formula is C22H22N2O5. The van der Waals surface area contributed by atoms with Crippen LogP contribution in [0.4, 0.5) is 4.79 Å². The average molecular weight is 394 g/mol. The molecule has 29 heavy (non-hydrogen) atoms. The maximum atomic E-state index is 12.1. The first kappa shape index (κ1) is 19.0. The molecule has 0 unspecified atom stereocenters. The molecule has 2 aromatic rings. The van der Waals surface area contributed by atoms with E-state index in [0.29, 0.717) is 13.0 Å². The quantitative estimate of drug-likeness (QED) is 0.669. The average Bonchev–Trinajstić information content (AvgIpc) is 3.44. The maximum absolute atomic E-state index is 12.1. The molecule has 2 aliphatic rings.